The first-order valence-electron chi connectivity index (χ1n) is 6.30. The summed E-state index contributed by atoms with van der Waals surface area (Å²) in [4.78, 5) is 5.59. The van der Waals surface area contributed by atoms with E-state index < -0.39 is 11.7 Å². The van der Waals surface area contributed by atoms with Crippen molar-refractivity contribution >= 4 is 17.4 Å². The molecule has 0 saturated carbocycles. The molecule has 0 radical (unpaired) electrons. The van der Waals surface area contributed by atoms with Gasteiger partial charge < -0.3 is 4.90 Å². The summed E-state index contributed by atoms with van der Waals surface area (Å²) in [5.41, 5.74) is -0.702. The molecule has 1 rings (SSSR count). The molecule has 2 nitrogen and oxygen atoms in total. The molecule has 0 bridgehead atoms. The molecule has 108 valence electrons. The lowest BCUT2D eigenvalue weighted by Gasteiger charge is -2.32. The highest BCUT2D eigenvalue weighted by atomic mass is 35.5. The summed E-state index contributed by atoms with van der Waals surface area (Å²) in [5.74, 6) is 0.244. The fourth-order valence-electron chi connectivity index (χ4n) is 2.13. The lowest BCUT2D eigenvalue weighted by atomic mass is 10.1. The molecule has 0 aliphatic rings. The first-order chi connectivity index (χ1) is 8.95. The number of anilines is 1. The second kappa shape index (κ2) is 6.98. The van der Waals surface area contributed by atoms with Crippen molar-refractivity contribution in [2.75, 3.05) is 17.3 Å². The van der Waals surface area contributed by atoms with Gasteiger partial charge in [0.1, 0.15) is 5.82 Å². The van der Waals surface area contributed by atoms with Crippen molar-refractivity contribution < 1.29 is 13.2 Å². The Morgan fingerprint density at radius 1 is 1.32 bits per heavy atom. The van der Waals surface area contributed by atoms with Crippen molar-refractivity contribution in [3.63, 3.8) is 0 Å². The molecule has 19 heavy (non-hydrogen) atoms. The highest BCUT2D eigenvalue weighted by molar-refractivity contribution is 6.18. The van der Waals surface area contributed by atoms with Crippen molar-refractivity contribution in [2.45, 2.75) is 38.9 Å². The van der Waals surface area contributed by atoms with E-state index in [9.17, 15) is 13.2 Å². The largest absolute Gasteiger partial charge is 0.419 e. The third-order valence-electron chi connectivity index (χ3n) is 3.07. The Labute approximate surface area is 116 Å². The van der Waals surface area contributed by atoms with Crippen LogP contribution in [0.4, 0.5) is 19.0 Å². The van der Waals surface area contributed by atoms with Crippen LogP contribution in [0, 0.1) is 0 Å². The van der Waals surface area contributed by atoms with Gasteiger partial charge in [-0.05, 0) is 25.0 Å². The minimum Gasteiger partial charge on any atom is -0.352 e. The van der Waals surface area contributed by atoms with E-state index in [0.717, 1.165) is 18.9 Å². The normalized spacial score (nSPS) is 11.9. The Balaban J connectivity index is 3.22. The number of hydrogen-bond donors (Lipinski definition) is 0. The summed E-state index contributed by atoms with van der Waals surface area (Å²) in [5, 5.41) is 0. The second-order valence-corrected chi connectivity index (χ2v) is 4.60. The Kier molecular flexibility index (Phi) is 5.91. The van der Waals surface area contributed by atoms with Gasteiger partial charge in [0.2, 0.25) is 0 Å². The quantitative estimate of drug-likeness (QED) is 0.726. The molecule has 1 heterocycles. The van der Waals surface area contributed by atoms with Crippen LogP contribution in [-0.4, -0.2) is 23.5 Å². The van der Waals surface area contributed by atoms with E-state index in [4.69, 9.17) is 11.6 Å². The Hall–Kier alpha value is -0.970. The third kappa shape index (κ3) is 4.00. The lowest BCUT2D eigenvalue weighted by Crippen LogP contribution is -2.38. The highest BCUT2D eigenvalue weighted by Gasteiger charge is 2.36. The summed E-state index contributed by atoms with van der Waals surface area (Å²) >= 11 is 5.72. The summed E-state index contributed by atoms with van der Waals surface area (Å²) in [6.45, 7) is 4.26. The first kappa shape index (κ1) is 16.1. The molecule has 0 amide bonds. The van der Waals surface area contributed by atoms with E-state index in [1.807, 2.05) is 13.8 Å². The monoisotopic (exact) mass is 294 g/mol. The van der Waals surface area contributed by atoms with E-state index >= 15 is 0 Å². The fourth-order valence-corrected chi connectivity index (χ4v) is 2.31. The molecule has 0 spiro atoms. The maximum atomic E-state index is 13.0. The van der Waals surface area contributed by atoms with E-state index in [0.29, 0.717) is 6.54 Å². The topological polar surface area (TPSA) is 16.1 Å². The van der Waals surface area contributed by atoms with Crippen LogP contribution in [0.15, 0.2) is 18.3 Å². The zero-order valence-electron chi connectivity index (χ0n) is 11.0. The highest BCUT2D eigenvalue weighted by Crippen LogP contribution is 2.36. The molecular formula is C13H18ClF3N2. The van der Waals surface area contributed by atoms with E-state index in [2.05, 4.69) is 4.98 Å². The van der Waals surface area contributed by atoms with Crippen molar-refractivity contribution in [1.29, 1.82) is 0 Å². The van der Waals surface area contributed by atoms with E-state index in [1.165, 1.54) is 12.3 Å². The maximum absolute atomic E-state index is 13.0. The van der Waals surface area contributed by atoms with Crippen molar-refractivity contribution in [3.05, 3.63) is 23.9 Å². The van der Waals surface area contributed by atoms with Gasteiger partial charge in [-0.25, -0.2) is 4.98 Å². The minimum absolute atomic E-state index is 0.00903. The van der Waals surface area contributed by atoms with Crippen LogP contribution in [0.3, 0.4) is 0 Å². The molecule has 0 atom stereocenters. The number of aromatic nitrogens is 1. The van der Waals surface area contributed by atoms with Gasteiger partial charge >= 0.3 is 6.18 Å². The number of nitrogens with zero attached hydrogens (tertiary/aromatic N) is 2. The first-order valence-corrected chi connectivity index (χ1v) is 6.83. The van der Waals surface area contributed by atoms with E-state index in [1.54, 1.807) is 4.90 Å². The summed E-state index contributed by atoms with van der Waals surface area (Å²) < 4.78 is 39.1. The molecule has 1 aromatic heterocycles. The average Bonchev–Trinajstić information content (AvgIpc) is 2.38. The van der Waals surface area contributed by atoms with Crippen LogP contribution in [-0.2, 0) is 6.18 Å². The molecule has 0 fully saturated rings. The van der Waals surface area contributed by atoms with Gasteiger partial charge in [0, 0.05) is 24.7 Å². The molecular weight excluding hydrogens is 277 g/mol. The summed E-state index contributed by atoms with van der Waals surface area (Å²) in [6, 6.07) is 2.37. The van der Waals surface area contributed by atoms with Crippen LogP contribution >= 0.6 is 11.6 Å². The molecule has 0 aliphatic carbocycles. The van der Waals surface area contributed by atoms with Gasteiger partial charge in [0.05, 0.1) is 5.56 Å². The van der Waals surface area contributed by atoms with Gasteiger partial charge in [0.15, 0.2) is 0 Å². The predicted molar refractivity (Wildman–Crippen MR) is 71.7 cm³/mol. The van der Waals surface area contributed by atoms with Crippen LogP contribution < -0.4 is 4.90 Å². The van der Waals surface area contributed by atoms with Gasteiger partial charge in [-0.1, -0.05) is 13.8 Å². The molecule has 0 aliphatic heterocycles. The Morgan fingerprint density at radius 3 is 2.42 bits per heavy atom. The number of halogens is 4. The van der Waals surface area contributed by atoms with Crippen molar-refractivity contribution in [3.8, 4) is 0 Å². The predicted octanol–water partition coefficient (Wildman–Crippen LogP) is 4.33. The van der Waals surface area contributed by atoms with Crippen molar-refractivity contribution in [1.82, 2.24) is 4.98 Å². The molecule has 1 aromatic rings. The summed E-state index contributed by atoms with van der Waals surface area (Å²) in [6.07, 6.45) is -1.52. The fraction of sp³-hybridized carbons (Fsp3) is 0.615. The number of alkyl halides is 4. The zero-order valence-corrected chi connectivity index (χ0v) is 11.8. The molecule has 0 aromatic carbocycles. The van der Waals surface area contributed by atoms with Crippen LogP contribution in [0.1, 0.15) is 32.3 Å². The van der Waals surface area contributed by atoms with E-state index in [-0.39, 0.29) is 17.7 Å². The summed E-state index contributed by atoms with van der Waals surface area (Å²) in [7, 11) is 0. The average molecular weight is 295 g/mol. The third-order valence-corrected chi connectivity index (χ3v) is 3.24. The second-order valence-electron chi connectivity index (χ2n) is 4.23. The number of pyridine rings is 1. The smallest absolute Gasteiger partial charge is 0.352 e. The maximum Gasteiger partial charge on any atom is 0.419 e. The van der Waals surface area contributed by atoms with Gasteiger partial charge in [-0.15, -0.1) is 11.6 Å². The van der Waals surface area contributed by atoms with Crippen molar-refractivity contribution in [2.24, 2.45) is 0 Å². The lowest BCUT2D eigenvalue weighted by molar-refractivity contribution is -0.137. The van der Waals surface area contributed by atoms with Crippen LogP contribution in [0.25, 0.3) is 0 Å². The Bertz CT molecular complexity index is 392. The molecule has 0 N–H and O–H groups in total. The molecule has 6 heteroatoms. The number of hydrogen-bond acceptors (Lipinski definition) is 2. The van der Waals surface area contributed by atoms with Crippen LogP contribution in [0.5, 0.6) is 0 Å². The molecule has 0 unspecified atom stereocenters. The van der Waals surface area contributed by atoms with Crippen LogP contribution in [0.2, 0.25) is 0 Å². The minimum atomic E-state index is -4.40. The Morgan fingerprint density at radius 2 is 1.95 bits per heavy atom. The zero-order chi connectivity index (χ0) is 14.5. The van der Waals surface area contributed by atoms with Gasteiger partial charge in [-0.2, -0.15) is 13.2 Å². The van der Waals surface area contributed by atoms with Gasteiger partial charge in [-0.3, -0.25) is 0 Å². The molecule has 0 saturated heterocycles. The van der Waals surface area contributed by atoms with Gasteiger partial charge in [0.25, 0.3) is 0 Å². The number of rotatable bonds is 6. The standard InChI is InChI=1S/C13H18ClF3N2/c1-3-10(4-2)19(9-7-14)12-11(13(15,16)17)6-5-8-18-12/h5-6,8,10H,3-4,7,9H2,1-2H3. The SMILES string of the molecule is CCC(CC)N(CCCl)c1ncccc1C(F)(F)F.